The molecule has 1 aliphatic heterocycles. The zero-order chi connectivity index (χ0) is 8.10. The lowest BCUT2D eigenvalue weighted by Gasteiger charge is -2.21. The van der Waals surface area contributed by atoms with E-state index in [1.165, 1.54) is 19.4 Å². The maximum absolute atomic E-state index is 8.73. The number of likely N-dealkylation sites (tertiary alicyclic amines) is 1. The first kappa shape index (κ1) is 8.55. The van der Waals surface area contributed by atoms with Crippen molar-refractivity contribution < 1.29 is 0 Å². The Morgan fingerprint density at radius 3 is 2.82 bits per heavy atom. The van der Waals surface area contributed by atoms with Gasteiger partial charge in [0.15, 0.2) is 0 Å². The van der Waals surface area contributed by atoms with Crippen molar-refractivity contribution in [1.29, 1.82) is 5.26 Å². The molecule has 11 heavy (non-hydrogen) atoms. The van der Waals surface area contributed by atoms with Gasteiger partial charge in [-0.25, -0.2) is 0 Å². The molecule has 1 atom stereocenters. The Labute approximate surface area is 68.8 Å². The molecule has 1 saturated heterocycles. The summed E-state index contributed by atoms with van der Waals surface area (Å²) in [4.78, 5) is 2.32. The fraction of sp³-hybridized carbons (Fsp3) is 0.889. The summed E-state index contributed by atoms with van der Waals surface area (Å²) >= 11 is 0. The molecule has 0 bridgehead atoms. The number of hydrogen-bond acceptors (Lipinski definition) is 2. The highest BCUT2D eigenvalue weighted by atomic mass is 15.1. The first-order chi connectivity index (χ1) is 5.33. The standard InChI is InChI=1S/C9H16N2/c1-11-6-3-2-4-9(8-10)5-7-11/h9H,2-7H2,1H3. The van der Waals surface area contributed by atoms with Gasteiger partial charge < -0.3 is 4.90 Å². The highest BCUT2D eigenvalue weighted by Crippen LogP contribution is 2.15. The lowest BCUT2D eigenvalue weighted by molar-refractivity contribution is 0.278. The van der Waals surface area contributed by atoms with Crippen LogP contribution >= 0.6 is 0 Å². The Kier molecular flexibility index (Phi) is 3.38. The Morgan fingerprint density at radius 1 is 1.27 bits per heavy atom. The number of rotatable bonds is 0. The van der Waals surface area contributed by atoms with Gasteiger partial charge in [0.25, 0.3) is 0 Å². The molecule has 1 unspecified atom stereocenters. The van der Waals surface area contributed by atoms with Crippen LogP contribution in [0, 0.1) is 17.2 Å². The molecule has 0 aliphatic carbocycles. The summed E-state index contributed by atoms with van der Waals surface area (Å²) < 4.78 is 0. The molecule has 2 heteroatoms. The van der Waals surface area contributed by atoms with Crippen LogP contribution in [0.3, 0.4) is 0 Å². The summed E-state index contributed by atoms with van der Waals surface area (Å²) in [6, 6.07) is 2.37. The largest absolute Gasteiger partial charge is 0.306 e. The van der Waals surface area contributed by atoms with E-state index in [-0.39, 0.29) is 0 Å². The third-order valence-corrected chi connectivity index (χ3v) is 2.38. The lowest BCUT2D eigenvalue weighted by atomic mass is 9.98. The molecule has 2 nitrogen and oxygen atoms in total. The van der Waals surface area contributed by atoms with Crippen LogP contribution in [0.2, 0.25) is 0 Å². The van der Waals surface area contributed by atoms with E-state index in [4.69, 9.17) is 5.26 Å². The molecule has 1 rings (SSSR count). The summed E-state index contributed by atoms with van der Waals surface area (Å²) in [5, 5.41) is 8.73. The average Bonchev–Trinajstić information content (AvgIpc) is 1.98. The molecule has 0 saturated carbocycles. The van der Waals surface area contributed by atoms with E-state index in [0.717, 1.165) is 19.4 Å². The molecular weight excluding hydrogens is 136 g/mol. The monoisotopic (exact) mass is 152 g/mol. The van der Waals surface area contributed by atoms with Crippen molar-refractivity contribution >= 4 is 0 Å². The van der Waals surface area contributed by atoms with E-state index in [0.29, 0.717) is 5.92 Å². The van der Waals surface area contributed by atoms with Gasteiger partial charge in [-0.05, 0) is 39.4 Å². The number of hydrogen-bond donors (Lipinski definition) is 0. The zero-order valence-electron chi connectivity index (χ0n) is 7.21. The maximum Gasteiger partial charge on any atom is 0.0656 e. The van der Waals surface area contributed by atoms with Crippen molar-refractivity contribution in [3.8, 4) is 6.07 Å². The normalized spacial score (nSPS) is 28.5. The second-order valence-corrected chi connectivity index (χ2v) is 3.41. The summed E-state index contributed by atoms with van der Waals surface area (Å²) in [6.07, 6.45) is 4.66. The molecule has 0 spiro atoms. The summed E-state index contributed by atoms with van der Waals surface area (Å²) in [7, 11) is 2.14. The SMILES string of the molecule is CN1CCCCC(C#N)CC1. The smallest absolute Gasteiger partial charge is 0.0656 e. The van der Waals surface area contributed by atoms with Gasteiger partial charge in [0.1, 0.15) is 0 Å². The van der Waals surface area contributed by atoms with Crippen LogP contribution < -0.4 is 0 Å². The van der Waals surface area contributed by atoms with E-state index in [2.05, 4.69) is 18.0 Å². The first-order valence-electron chi connectivity index (χ1n) is 4.41. The molecule has 0 radical (unpaired) electrons. The van der Waals surface area contributed by atoms with Crippen molar-refractivity contribution in [1.82, 2.24) is 4.90 Å². The van der Waals surface area contributed by atoms with Crippen LogP contribution in [0.25, 0.3) is 0 Å². The topological polar surface area (TPSA) is 27.0 Å². The van der Waals surface area contributed by atoms with Crippen LogP contribution in [-0.2, 0) is 0 Å². The molecule has 62 valence electrons. The minimum Gasteiger partial charge on any atom is -0.306 e. The van der Waals surface area contributed by atoms with Crippen LogP contribution in [-0.4, -0.2) is 25.0 Å². The third-order valence-electron chi connectivity index (χ3n) is 2.38. The number of nitriles is 1. The third kappa shape index (κ3) is 2.90. The van der Waals surface area contributed by atoms with Gasteiger partial charge in [-0.2, -0.15) is 5.26 Å². The second-order valence-electron chi connectivity index (χ2n) is 3.41. The molecule has 0 amide bonds. The quantitative estimate of drug-likeness (QED) is 0.527. The predicted octanol–water partition coefficient (Wildman–Crippen LogP) is 1.63. The summed E-state index contributed by atoms with van der Waals surface area (Å²) in [5.74, 6) is 0.317. The van der Waals surface area contributed by atoms with Crippen molar-refractivity contribution in [3.63, 3.8) is 0 Å². The first-order valence-corrected chi connectivity index (χ1v) is 4.41. The molecule has 0 N–H and O–H groups in total. The van der Waals surface area contributed by atoms with Gasteiger partial charge in [-0.15, -0.1) is 0 Å². The molecule has 1 fully saturated rings. The Hall–Kier alpha value is -0.550. The minimum atomic E-state index is 0.317. The fourth-order valence-electron chi connectivity index (χ4n) is 1.53. The van der Waals surface area contributed by atoms with Crippen LogP contribution in [0.4, 0.5) is 0 Å². The van der Waals surface area contributed by atoms with E-state index in [9.17, 15) is 0 Å². The molecular formula is C9H16N2. The summed E-state index contributed by atoms with van der Waals surface area (Å²) in [5.41, 5.74) is 0. The molecule has 1 aliphatic rings. The van der Waals surface area contributed by atoms with E-state index in [1.54, 1.807) is 0 Å². The Balaban J connectivity index is 2.33. The predicted molar refractivity (Wildman–Crippen MR) is 45.1 cm³/mol. The van der Waals surface area contributed by atoms with Gasteiger partial charge in [-0.3, -0.25) is 0 Å². The van der Waals surface area contributed by atoms with E-state index < -0.39 is 0 Å². The van der Waals surface area contributed by atoms with E-state index >= 15 is 0 Å². The van der Waals surface area contributed by atoms with Crippen molar-refractivity contribution in [3.05, 3.63) is 0 Å². The zero-order valence-corrected chi connectivity index (χ0v) is 7.21. The van der Waals surface area contributed by atoms with Gasteiger partial charge >= 0.3 is 0 Å². The van der Waals surface area contributed by atoms with Crippen molar-refractivity contribution in [2.45, 2.75) is 25.7 Å². The van der Waals surface area contributed by atoms with Gasteiger partial charge in [0, 0.05) is 5.92 Å². The summed E-state index contributed by atoms with van der Waals surface area (Å²) in [6.45, 7) is 2.30. The van der Waals surface area contributed by atoms with Gasteiger partial charge in [0.2, 0.25) is 0 Å². The lowest BCUT2D eigenvalue weighted by Crippen LogP contribution is -2.24. The van der Waals surface area contributed by atoms with Crippen molar-refractivity contribution in [2.75, 3.05) is 20.1 Å². The molecule has 0 aromatic heterocycles. The highest BCUT2D eigenvalue weighted by molar-refractivity contribution is 4.84. The van der Waals surface area contributed by atoms with Crippen LogP contribution in [0.1, 0.15) is 25.7 Å². The molecule has 0 aromatic rings. The minimum absolute atomic E-state index is 0.317. The average molecular weight is 152 g/mol. The van der Waals surface area contributed by atoms with Crippen LogP contribution in [0.5, 0.6) is 0 Å². The van der Waals surface area contributed by atoms with Gasteiger partial charge in [0.05, 0.1) is 6.07 Å². The molecule has 0 aromatic carbocycles. The number of nitrogens with zero attached hydrogens (tertiary/aromatic N) is 2. The second kappa shape index (κ2) is 4.35. The van der Waals surface area contributed by atoms with Crippen LogP contribution in [0.15, 0.2) is 0 Å². The Bertz CT molecular complexity index is 148. The Morgan fingerprint density at radius 2 is 2.09 bits per heavy atom. The van der Waals surface area contributed by atoms with Crippen molar-refractivity contribution in [2.24, 2.45) is 5.92 Å². The maximum atomic E-state index is 8.73. The highest BCUT2D eigenvalue weighted by Gasteiger charge is 2.11. The fourth-order valence-corrected chi connectivity index (χ4v) is 1.53. The van der Waals surface area contributed by atoms with Gasteiger partial charge in [-0.1, -0.05) is 6.42 Å². The van der Waals surface area contributed by atoms with E-state index in [1.807, 2.05) is 0 Å². The molecule has 1 heterocycles.